The first-order valence-electron chi connectivity index (χ1n) is 11.4. The van der Waals surface area contributed by atoms with E-state index in [9.17, 15) is 13.2 Å². The molecule has 0 unspecified atom stereocenters. The van der Waals surface area contributed by atoms with E-state index >= 15 is 0 Å². The summed E-state index contributed by atoms with van der Waals surface area (Å²) in [5, 5.41) is 3.63. The summed E-state index contributed by atoms with van der Waals surface area (Å²) in [5.74, 6) is 0. The Balaban J connectivity index is 1.78. The van der Waals surface area contributed by atoms with Crippen LogP contribution in [0.1, 0.15) is 102 Å². The summed E-state index contributed by atoms with van der Waals surface area (Å²) < 4.78 is 38.6. The number of hydrogen-bond acceptors (Lipinski definition) is 1. The fourth-order valence-corrected chi connectivity index (χ4v) is 4.52. The van der Waals surface area contributed by atoms with E-state index < -0.39 is 11.7 Å². The van der Waals surface area contributed by atoms with Crippen LogP contribution in [-0.4, -0.2) is 13.1 Å². The molecule has 0 spiro atoms. The van der Waals surface area contributed by atoms with E-state index in [0.717, 1.165) is 31.5 Å². The predicted molar refractivity (Wildman–Crippen MR) is 112 cm³/mol. The summed E-state index contributed by atoms with van der Waals surface area (Å²) in [6.45, 7) is 4.14. The van der Waals surface area contributed by atoms with Gasteiger partial charge in [0.25, 0.3) is 0 Å². The second-order valence-electron chi connectivity index (χ2n) is 8.57. The fraction of sp³-hybridized carbons (Fsp3) is 0.750. The molecular formula is C24H38F3N. The largest absolute Gasteiger partial charge is 0.416 e. The van der Waals surface area contributed by atoms with Gasteiger partial charge in [-0.3, -0.25) is 0 Å². The molecule has 0 saturated heterocycles. The van der Waals surface area contributed by atoms with Crippen LogP contribution in [0.4, 0.5) is 13.2 Å². The van der Waals surface area contributed by atoms with E-state index in [1.165, 1.54) is 82.8 Å². The molecule has 1 aromatic carbocycles. The lowest BCUT2D eigenvalue weighted by Gasteiger charge is -2.38. The first-order chi connectivity index (χ1) is 13.5. The standard InChI is InChI=1S/C24H38F3N/c1-2-3-4-5-6-7-8-12-19-28-20-23(17-10-9-11-18-23)21-13-15-22(16-14-21)24(25,26)27/h13-16,28H,2-12,17-20H2,1H3. The number of hydrogen-bond donors (Lipinski definition) is 1. The molecule has 1 fully saturated rings. The number of nitrogens with one attached hydrogen (secondary N) is 1. The van der Waals surface area contributed by atoms with Crippen LogP contribution in [0.25, 0.3) is 0 Å². The number of benzene rings is 1. The molecule has 1 nitrogen and oxygen atoms in total. The van der Waals surface area contributed by atoms with Crippen molar-refractivity contribution in [2.24, 2.45) is 0 Å². The predicted octanol–water partition coefficient (Wildman–Crippen LogP) is 7.64. The van der Waals surface area contributed by atoms with Gasteiger partial charge < -0.3 is 5.32 Å². The Morgan fingerprint density at radius 3 is 1.96 bits per heavy atom. The van der Waals surface area contributed by atoms with Gasteiger partial charge in [-0.1, -0.05) is 83.3 Å². The first-order valence-corrected chi connectivity index (χ1v) is 11.4. The Kier molecular flexibility index (Phi) is 9.84. The molecule has 0 radical (unpaired) electrons. The quantitative estimate of drug-likeness (QED) is 0.357. The molecule has 0 amide bonds. The van der Waals surface area contributed by atoms with Crippen LogP contribution in [0.5, 0.6) is 0 Å². The molecule has 1 N–H and O–H groups in total. The van der Waals surface area contributed by atoms with Crippen LogP contribution in [0.3, 0.4) is 0 Å². The third-order valence-corrected chi connectivity index (χ3v) is 6.31. The van der Waals surface area contributed by atoms with Gasteiger partial charge in [-0.05, 0) is 43.5 Å². The first kappa shape index (κ1) is 23.3. The van der Waals surface area contributed by atoms with Gasteiger partial charge >= 0.3 is 6.18 Å². The molecular weight excluding hydrogens is 359 g/mol. The fourth-order valence-electron chi connectivity index (χ4n) is 4.52. The van der Waals surface area contributed by atoms with Crippen molar-refractivity contribution in [3.05, 3.63) is 35.4 Å². The van der Waals surface area contributed by atoms with E-state index in [2.05, 4.69) is 12.2 Å². The van der Waals surface area contributed by atoms with Gasteiger partial charge in [0, 0.05) is 12.0 Å². The van der Waals surface area contributed by atoms with Crippen molar-refractivity contribution >= 4 is 0 Å². The Morgan fingerprint density at radius 1 is 0.821 bits per heavy atom. The molecule has 4 heteroatoms. The second kappa shape index (κ2) is 11.8. The molecule has 1 aliphatic rings. The van der Waals surface area contributed by atoms with Gasteiger partial charge in [0.15, 0.2) is 0 Å². The zero-order valence-electron chi connectivity index (χ0n) is 17.5. The minimum absolute atomic E-state index is 0.00251. The van der Waals surface area contributed by atoms with Crippen molar-refractivity contribution in [2.75, 3.05) is 13.1 Å². The Bertz CT molecular complexity index is 530. The summed E-state index contributed by atoms with van der Waals surface area (Å²) in [7, 11) is 0. The highest BCUT2D eigenvalue weighted by molar-refractivity contribution is 5.31. The Labute approximate surface area is 169 Å². The molecule has 1 saturated carbocycles. The Hall–Kier alpha value is -1.03. The maximum atomic E-state index is 12.9. The van der Waals surface area contributed by atoms with Crippen molar-refractivity contribution in [3.8, 4) is 0 Å². The molecule has 0 bridgehead atoms. The highest BCUT2D eigenvalue weighted by Gasteiger charge is 2.35. The lowest BCUT2D eigenvalue weighted by molar-refractivity contribution is -0.137. The van der Waals surface area contributed by atoms with E-state index in [0.29, 0.717) is 0 Å². The van der Waals surface area contributed by atoms with Crippen LogP contribution in [-0.2, 0) is 11.6 Å². The van der Waals surface area contributed by atoms with Crippen molar-refractivity contribution in [1.29, 1.82) is 0 Å². The van der Waals surface area contributed by atoms with Gasteiger partial charge in [0.05, 0.1) is 5.56 Å². The second-order valence-corrected chi connectivity index (χ2v) is 8.57. The van der Waals surface area contributed by atoms with E-state index in [1.54, 1.807) is 12.1 Å². The SMILES string of the molecule is CCCCCCCCCCNCC1(c2ccc(C(F)(F)F)cc2)CCCCC1. The molecule has 0 aromatic heterocycles. The number of unbranched alkanes of at least 4 members (excludes halogenated alkanes) is 7. The highest BCUT2D eigenvalue weighted by Crippen LogP contribution is 2.40. The Morgan fingerprint density at radius 2 is 1.39 bits per heavy atom. The average Bonchev–Trinajstić information content (AvgIpc) is 2.69. The molecule has 0 heterocycles. The van der Waals surface area contributed by atoms with Crippen LogP contribution < -0.4 is 5.32 Å². The molecule has 0 aliphatic heterocycles. The van der Waals surface area contributed by atoms with Gasteiger partial charge in [0.1, 0.15) is 0 Å². The molecule has 28 heavy (non-hydrogen) atoms. The van der Waals surface area contributed by atoms with Gasteiger partial charge in [-0.2, -0.15) is 13.2 Å². The normalized spacial score (nSPS) is 17.0. The third kappa shape index (κ3) is 7.42. The number of halogens is 3. The van der Waals surface area contributed by atoms with Crippen molar-refractivity contribution in [1.82, 2.24) is 5.32 Å². The van der Waals surface area contributed by atoms with Gasteiger partial charge in [0.2, 0.25) is 0 Å². The van der Waals surface area contributed by atoms with Crippen molar-refractivity contribution in [3.63, 3.8) is 0 Å². The highest BCUT2D eigenvalue weighted by atomic mass is 19.4. The summed E-state index contributed by atoms with van der Waals surface area (Å²) in [6, 6.07) is 5.94. The molecule has 160 valence electrons. The summed E-state index contributed by atoms with van der Waals surface area (Å²) in [5.41, 5.74) is 0.528. The van der Waals surface area contributed by atoms with E-state index in [-0.39, 0.29) is 5.41 Å². The zero-order chi connectivity index (χ0) is 20.3. The summed E-state index contributed by atoms with van der Waals surface area (Å²) in [4.78, 5) is 0. The van der Waals surface area contributed by atoms with Crippen molar-refractivity contribution in [2.45, 2.75) is 102 Å². The summed E-state index contributed by atoms with van der Waals surface area (Å²) >= 11 is 0. The monoisotopic (exact) mass is 397 g/mol. The summed E-state index contributed by atoms with van der Waals surface area (Å²) in [6.07, 6.45) is 12.0. The molecule has 1 aliphatic carbocycles. The smallest absolute Gasteiger partial charge is 0.316 e. The van der Waals surface area contributed by atoms with Crippen molar-refractivity contribution < 1.29 is 13.2 Å². The van der Waals surface area contributed by atoms with Gasteiger partial charge in [-0.15, -0.1) is 0 Å². The lowest BCUT2D eigenvalue weighted by atomic mass is 9.69. The minimum atomic E-state index is -4.26. The molecule has 2 rings (SSSR count). The van der Waals surface area contributed by atoms with Crippen LogP contribution in [0, 0.1) is 0 Å². The zero-order valence-corrected chi connectivity index (χ0v) is 17.5. The van der Waals surface area contributed by atoms with Crippen LogP contribution >= 0.6 is 0 Å². The molecule has 1 aromatic rings. The third-order valence-electron chi connectivity index (χ3n) is 6.31. The lowest BCUT2D eigenvalue weighted by Crippen LogP contribution is -2.40. The van der Waals surface area contributed by atoms with Gasteiger partial charge in [-0.25, -0.2) is 0 Å². The maximum absolute atomic E-state index is 12.9. The average molecular weight is 398 g/mol. The molecule has 0 atom stereocenters. The maximum Gasteiger partial charge on any atom is 0.416 e. The van der Waals surface area contributed by atoms with Crippen LogP contribution in [0.15, 0.2) is 24.3 Å². The topological polar surface area (TPSA) is 12.0 Å². The number of rotatable bonds is 12. The number of alkyl halides is 3. The van der Waals surface area contributed by atoms with E-state index in [1.807, 2.05) is 0 Å². The van der Waals surface area contributed by atoms with Crippen LogP contribution in [0.2, 0.25) is 0 Å². The minimum Gasteiger partial charge on any atom is -0.316 e. The van der Waals surface area contributed by atoms with E-state index in [4.69, 9.17) is 0 Å².